The van der Waals surface area contributed by atoms with E-state index in [0.717, 1.165) is 0 Å². The zero-order valence-corrected chi connectivity index (χ0v) is 13.8. The fourth-order valence-corrected chi connectivity index (χ4v) is 2.79. The van der Waals surface area contributed by atoms with Gasteiger partial charge in [-0.25, -0.2) is 24.6 Å². The van der Waals surface area contributed by atoms with Crippen molar-refractivity contribution >= 4 is 22.9 Å². The highest BCUT2D eigenvalue weighted by atomic mass is 19.4. The Balaban J connectivity index is 1.59. The van der Waals surface area contributed by atoms with Crippen LogP contribution < -0.4 is 10.6 Å². The molecule has 1 fully saturated rings. The lowest BCUT2D eigenvalue weighted by molar-refractivity contribution is -0.144. The second-order valence-corrected chi connectivity index (χ2v) is 5.86. The van der Waals surface area contributed by atoms with Crippen LogP contribution >= 0.6 is 0 Å². The predicted octanol–water partition coefficient (Wildman–Crippen LogP) is 0.518. The van der Waals surface area contributed by atoms with Gasteiger partial charge in [0.2, 0.25) is 11.8 Å². The summed E-state index contributed by atoms with van der Waals surface area (Å²) in [5.41, 5.74) is 5.50. The molecule has 3 aromatic heterocycles. The van der Waals surface area contributed by atoms with E-state index in [1.807, 2.05) is 4.90 Å². The summed E-state index contributed by atoms with van der Waals surface area (Å²) in [5.74, 6) is -1.15. The van der Waals surface area contributed by atoms with Crippen LogP contribution in [0.4, 0.5) is 24.9 Å². The predicted molar refractivity (Wildman–Crippen MR) is 86.5 cm³/mol. The molecule has 1 unspecified atom stereocenters. The molecule has 0 bridgehead atoms. The zero-order chi connectivity index (χ0) is 19.0. The maximum absolute atomic E-state index is 13.0. The molecular weight excluding hydrogens is 367 g/mol. The van der Waals surface area contributed by atoms with Gasteiger partial charge >= 0.3 is 6.18 Å². The molecule has 10 nitrogen and oxygen atoms in total. The fraction of sp³-hybridized carbons (Fsp3) is 0.429. The third kappa shape index (κ3) is 3.45. The van der Waals surface area contributed by atoms with Gasteiger partial charge in [-0.2, -0.15) is 13.2 Å². The number of anilines is 2. The van der Waals surface area contributed by atoms with Crippen LogP contribution in [0.1, 0.15) is 5.82 Å². The van der Waals surface area contributed by atoms with Crippen LogP contribution in [0.5, 0.6) is 0 Å². The van der Waals surface area contributed by atoms with Crippen molar-refractivity contribution in [3.05, 3.63) is 24.3 Å². The summed E-state index contributed by atoms with van der Waals surface area (Å²) in [6, 6.07) is 1.71. The van der Waals surface area contributed by atoms with Gasteiger partial charge in [-0.3, -0.25) is 0 Å². The highest BCUT2D eigenvalue weighted by Crippen LogP contribution is 2.28. The van der Waals surface area contributed by atoms with E-state index in [2.05, 4.69) is 30.2 Å². The first kappa shape index (κ1) is 17.3. The molecule has 3 aromatic rings. The van der Waals surface area contributed by atoms with E-state index in [4.69, 9.17) is 10.5 Å². The molecule has 0 saturated carbocycles. The summed E-state index contributed by atoms with van der Waals surface area (Å²) < 4.78 is 45.8. The number of halogens is 3. The molecule has 4 rings (SSSR count). The summed E-state index contributed by atoms with van der Waals surface area (Å²) in [7, 11) is 0. The van der Waals surface area contributed by atoms with Crippen molar-refractivity contribution in [3.8, 4) is 0 Å². The Morgan fingerprint density at radius 2 is 2.00 bits per heavy atom. The summed E-state index contributed by atoms with van der Waals surface area (Å²) >= 11 is 0. The Labute approximate surface area is 150 Å². The van der Waals surface area contributed by atoms with Crippen molar-refractivity contribution in [2.45, 2.75) is 18.8 Å². The largest absolute Gasteiger partial charge is 0.451 e. The fourth-order valence-electron chi connectivity index (χ4n) is 2.79. The van der Waals surface area contributed by atoms with Gasteiger partial charge in [-0.15, -0.1) is 5.10 Å². The number of nitrogens with two attached hydrogens (primary N) is 1. The molecular formula is C14H14F3N9O. The van der Waals surface area contributed by atoms with Crippen LogP contribution in [0.3, 0.4) is 0 Å². The second kappa shape index (κ2) is 6.57. The van der Waals surface area contributed by atoms with Crippen LogP contribution in [-0.2, 0) is 17.5 Å². The van der Waals surface area contributed by atoms with Gasteiger partial charge in [0.1, 0.15) is 0 Å². The smallest absolute Gasteiger partial charge is 0.382 e. The number of fused-ring (bicyclic) bond motifs is 1. The molecule has 2 N–H and O–H groups in total. The standard InChI is InChI=1S/C14H14F3N9O/c15-14(16,17)12-21-10(18)9-11(22-12)26(24-23-9)7-8-6-25(4-5-27-8)13-19-2-1-3-20-13/h1-3,8H,4-7H2,(H2,18,21,22). The van der Waals surface area contributed by atoms with E-state index in [-0.39, 0.29) is 29.6 Å². The van der Waals surface area contributed by atoms with Gasteiger partial charge in [0, 0.05) is 25.5 Å². The van der Waals surface area contributed by atoms with Crippen LogP contribution in [0.2, 0.25) is 0 Å². The quantitative estimate of drug-likeness (QED) is 0.692. The number of ether oxygens (including phenoxy) is 1. The molecule has 0 spiro atoms. The molecule has 1 aliphatic rings. The van der Waals surface area contributed by atoms with E-state index in [1.54, 1.807) is 18.5 Å². The summed E-state index contributed by atoms with van der Waals surface area (Å²) in [6.45, 7) is 1.61. The number of nitrogen functional groups attached to an aromatic ring is 1. The lowest BCUT2D eigenvalue weighted by Crippen LogP contribution is -2.45. The lowest BCUT2D eigenvalue weighted by atomic mass is 10.2. The Morgan fingerprint density at radius 3 is 2.74 bits per heavy atom. The monoisotopic (exact) mass is 381 g/mol. The van der Waals surface area contributed by atoms with E-state index in [1.165, 1.54) is 4.68 Å². The minimum Gasteiger partial charge on any atom is -0.382 e. The third-order valence-corrected chi connectivity index (χ3v) is 3.99. The first-order valence-corrected chi connectivity index (χ1v) is 7.99. The number of rotatable bonds is 3. The van der Waals surface area contributed by atoms with Crippen molar-refractivity contribution in [1.82, 2.24) is 34.9 Å². The van der Waals surface area contributed by atoms with E-state index < -0.39 is 12.0 Å². The van der Waals surface area contributed by atoms with Crippen LogP contribution in [0, 0.1) is 0 Å². The topological polar surface area (TPSA) is 121 Å². The van der Waals surface area contributed by atoms with Crippen LogP contribution in [0.25, 0.3) is 11.2 Å². The van der Waals surface area contributed by atoms with Gasteiger partial charge in [0.25, 0.3) is 0 Å². The normalized spacial score (nSPS) is 18.2. The minimum atomic E-state index is -4.72. The SMILES string of the molecule is Nc1nc(C(F)(F)F)nc2c1nnn2CC1CN(c2ncccn2)CCO1. The average Bonchev–Trinajstić information content (AvgIpc) is 3.05. The van der Waals surface area contributed by atoms with Crippen molar-refractivity contribution in [2.75, 3.05) is 30.3 Å². The lowest BCUT2D eigenvalue weighted by Gasteiger charge is -2.32. The number of alkyl halides is 3. The molecule has 27 heavy (non-hydrogen) atoms. The van der Waals surface area contributed by atoms with Gasteiger partial charge in [-0.1, -0.05) is 5.21 Å². The molecule has 0 aromatic carbocycles. The minimum absolute atomic E-state index is 0.0158. The number of hydrogen-bond donors (Lipinski definition) is 1. The molecule has 1 saturated heterocycles. The maximum Gasteiger partial charge on any atom is 0.451 e. The number of nitrogens with zero attached hydrogens (tertiary/aromatic N) is 8. The average molecular weight is 381 g/mol. The summed E-state index contributed by atoms with van der Waals surface area (Å²) in [4.78, 5) is 17.1. The van der Waals surface area contributed by atoms with Crippen molar-refractivity contribution in [2.24, 2.45) is 0 Å². The first-order chi connectivity index (χ1) is 12.9. The molecule has 0 amide bonds. The van der Waals surface area contributed by atoms with Gasteiger partial charge in [0.05, 0.1) is 19.3 Å². The maximum atomic E-state index is 13.0. The highest BCUT2D eigenvalue weighted by Gasteiger charge is 2.36. The highest BCUT2D eigenvalue weighted by molar-refractivity contribution is 5.80. The first-order valence-electron chi connectivity index (χ1n) is 7.99. The van der Waals surface area contributed by atoms with Crippen molar-refractivity contribution in [3.63, 3.8) is 0 Å². The second-order valence-electron chi connectivity index (χ2n) is 5.86. The Bertz CT molecular complexity index is 946. The summed E-state index contributed by atoms with van der Waals surface area (Å²) in [6.07, 6.45) is -1.81. The Hall–Kier alpha value is -3.09. The Kier molecular flexibility index (Phi) is 4.22. The molecule has 1 atom stereocenters. The molecule has 1 aliphatic heterocycles. The van der Waals surface area contributed by atoms with E-state index in [9.17, 15) is 13.2 Å². The van der Waals surface area contributed by atoms with Crippen LogP contribution in [-0.4, -0.2) is 60.7 Å². The van der Waals surface area contributed by atoms with Crippen LogP contribution in [0.15, 0.2) is 18.5 Å². The van der Waals surface area contributed by atoms with E-state index >= 15 is 0 Å². The third-order valence-electron chi connectivity index (χ3n) is 3.99. The van der Waals surface area contributed by atoms with Crippen molar-refractivity contribution < 1.29 is 17.9 Å². The Morgan fingerprint density at radius 1 is 1.22 bits per heavy atom. The molecule has 4 heterocycles. The zero-order valence-electron chi connectivity index (χ0n) is 13.8. The molecule has 0 radical (unpaired) electrons. The van der Waals surface area contributed by atoms with E-state index in [0.29, 0.717) is 25.6 Å². The number of morpholine rings is 1. The molecule has 0 aliphatic carbocycles. The molecule has 13 heteroatoms. The number of hydrogen-bond acceptors (Lipinski definition) is 9. The number of aromatic nitrogens is 7. The molecule has 142 valence electrons. The van der Waals surface area contributed by atoms with Gasteiger partial charge in [0.15, 0.2) is 17.0 Å². The van der Waals surface area contributed by atoms with Gasteiger partial charge in [-0.05, 0) is 6.07 Å². The van der Waals surface area contributed by atoms with Gasteiger partial charge < -0.3 is 15.4 Å². The van der Waals surface area contributed by atoms with Crippen molar-refractivity contribution in [1.29, 1.82) is 0 Å². The summed E-state index contributed by atoms with van der Waals surface area (Å²) in [5, 5.41) is 7.64.